The predicted molar refractivity (Wildman–Crippen MR) is 105 cm³/mol. The van der Waals surface area contributed by atoms with Gasteiger partial charge >= 0.3 is 0 Å². The Morgan fingerprint density at radius 2 is 2.08 bits per heavy atom. The lowest BCUT2D eigenvalue weighted by Gasteiger charge is -2.26. The molecule has 3 nitrogen and oxygen atoms in total. The lowest BCUT2D eigenvalue weighted by atomic mass is 10.1. The van der Waals surface area contributed by atoms with Crippen LogP contribution in [0.15, 0.2) is 35.0 Å². The van der Waals surface area contributed by atoms with Gasteiger partial charge in [-0.15, -0.1) is 22.7 Å². The van der Waals surface area contributed by atoms with Crippen molar-refractivity contribution >= 4 is 28.5 Å². The van der Waals surface area contributed by atoms with Crippen molar-refractivity contribution in [1.29, 1.82) is 0 Å². The number of ketones is 1. The third-order valence-corrected chi connectivity index (χ3v) is 6.91. The fraction of sp³-hybridized carbons (Fsp3) is 0.350. The molecular weight excluding hydrogens is 348 g/mol. The standard InChI is InChI=1S/C20H22N2OS2/c1-14-10-18(15(2)22(14)12-17-4-3-8-24-17)19(23)13-21-7-5-20-16(11-21)6-9-25-20/h3-4,6,8-10H,5,7,11-13H2,1-2H3. The Bertz CT molecular complexity index is 889. The zero-order valence-corrected chi connectivity index (χ0v) is 16.3. The van der Waals surface area contributed by atoms with Crippen LogP contribution in [0.3, 0.4) is 0 Å². The number of hydrogen-bond donors (Lipinski definition) is 0. The molecule has 5 heteroatoms. The number of fused-ring (bicyclic) bond motifs is 1. The highest BCUT2D eigenvalue weighted by Gasteiger charge is 2.22. The summed E-state index contributed by atoms with van der Waals surface area (Å²) in [5.41, 5.74) is 4.52. The van der Waals surface area contributed by atoms with Crippen LogP contribution in [0.5, 0.6) is 0 Å². The van der Waals surface area contributed by atoms with Crippen LogP contribution in [0.1, 0.15) is 37.1 Å². The highest BCUT2D eigenvalue weighted by atomic mass is 32.1. The van der Waals surface area contributed by atoms with E-state index in [9.17, 15) is 4.79 Å². The number of nitrogens with zero attached hydrogens (tertiary/aromatic N) is 2. The molecule has 0 bridgehead atoms. The zero-order chi connectivity index (χ0) is 17.4. The van der Waals surface area contributed by atoms with Crippen LogP contribution in [-0.4, -0.2) is 28.3 Å². The highest BCUT2D eigenvalue weighted by Crippen LogP contribution is 2.25. The maximum atomic E-state index is 12.9. The Hall–Kier alpha value is -1.69. The van der Waals surface area contributed by atoms with Crippen LogP contribution in [0.25, 0.3) is 0 Å². The summed E-state index contributed by atoms with van der Waals surface area (Å²) in [5.74, 6) is 0.240. The van der Waals surface area contributed by atoms with Gasteiger partial charge in [0.1, 0.15) is 0 Å². The van der Waals surface area contributed by atoms with Gasteiger partial charge in [-0.05, 0) is 54.8 Å². The molecule has 0 atom stereocenters. The Kier molecular flexibility index (Phi) is 4.63. The van der Waals surface area contributed by atoms with Gasteiger partial charge in [0.2, 0.25) is 0 Å². The number of Topliss-reactive ketones (excluding diaryl/α,β-unsaturated/α-hetero) is 1. The quantitative estimate of drug-likeness (QED) is 0.617. The molecule has 4 rings (SSSR count). The Balaban J connectivity index is 1.49. The van der Waals surface area contributed by atoms with Crippen LogP contribution in [0.4, 0.5) is 0 Å². The van der Waals surface area contributed by atoms with E-state index in [-0.39, 0.29) is 5.78 Å². The lowest BCUT2D eigenvalue weighted by Crippen LogP contribution is -2.34. The van der Waals surface area contributed by atoms with E-state index < -0.39 is 0 Å². The second-order valence-electron chi connectivity index (χ2n) is 6.70. The first-order chi connectivity index (χ1) is 12.1. The monoisotopic (exact) mass is 370 g/mol. The van der Waals surface area contributed by atoms with E-state index in [1.165, 1.54) is 15.3 Å². The maximum Gasteiger partial charge on any atom is 0.178 e. The first-order valence-corrected chi connectivity index (χ1v) is 10.4. The molecular formula is C20H22N2OS2. The smallest absolute Gasteiger partial charge is 0.178 e. The molecule has 0 fully saturated rings. The van der Waals surface area contributed by atoms with E-state index in [0.29, 0.717) is 6.54 Å². The van der Waals surface area contributed by atoms with E-state index in [2.05, 4.69) is 58.3 Å². The molecule has 0 saturated heterocycles. The molecule has 0 aromatic carbocycles. The van der Waals surface area contributed by atoms with Crippen molar-refractivity contribution < 1.29 is 4.79 Å². The van der Waals surface area contributed by atoms with E-state index >= 15 is 0 Å². The molecule has 4 heterocycles. The third-order valence-electron chi connectivity index (χ3n) is 5.02. The van der Waals surface area contributed by atoms with Crippen LogP contribution >= 0.6 is 22.7 Å². The van der Waals surface area contributed by atoms with Crippen molar-refractivity contribution in [3.63, 3.8) is 0 Å². The Morgan fingerprint density at radius 3 is 2.88 bits per heavy atom. The van der Waals surface area contributed by atoms with Crippen molar-refractivity contribution in [3.8, 4) is 0 Å². The second kappa shape index (κ2) is 6.90. The fourth-order valence-corrected chi connectivity index (χ4v) is 5.20. The summed E-state index contributed by atoms with van der Waals surface area (Å²) in [4.78, 5) is 18.0. The van der Waals surface area contributed by atoms with Crippen LogP contribution in [0, 0.1) is 13.8 Å². The molecule has 0 saturated carbocycles. The molecule has 25 heavy (non-hydrogen) atoms. The molecule has 3 aromatic rings. The van der Waals surface area contributed by atoms with E-state index in [1.54, 1.807) is 11.3 Å². The van der Waals surface area contributed by atoms with Crippen molar-refractivity contribution in [2.75, 3.05) is 13.1 Å². The van der Waals surface area contributed by atoms with Gasteiger partial charge in [0, 0.05) is 39.8 Å². The van der Waals surface area contributed by atoms with Crippen molar-refractivity contribution in [3.05, 3.63) is 67.3 Å². The minimum Gasteiger partial charge on any atom is -0.343 e. The lowest BCUT2D eigenvalue weighted by molar-refractivity contribution is 0.0921. The Labute approximate surface area is 156 Å². The second-order valence-corrected chi connectivity index (χ2v) is 8.74. The van der Waals surface area contributed by atoms with Crippen molar-refractivity contribution in [2.45, 2.75) is 33.4 Å². The van der Waals surface area contributed by atoms with Crippen molar-refractivity contribution in [1.82, 2.24) is 9.47 Å². The van der Waals surface area contributed by atoms with Gasteiger partial charge in [-0.3, -0.25) is 9.69 Å². The molecule has 0 aliphatic carbocycles. The fourth-order valence-electron chi connectivity index (χ4n) is 3.62. The summed E-state index contributed by atoms with van der Waals surface area (Å²) in [6, 6.07) is 8.49. The molecule has 0 unspecified atom stereocenters. The summed E-state index contributed by atoms with van der Waals surface area (Å²) in [6.45, 7) is 7.41. The third kappa shape index (κ3) is 3.36. The molecule has 1 aliphatic heterocycles. The van der Waals surface area contributed by atoms with E-state index in [0.717, 1.165) is 43.0 Å². The molecule has 0 N–H and O–H groups in total. The number of thiophene rings is 2. The molecule has 3 aromatic heterocycles. The largest absolute Gasteiger partial charge is 0.343 e. The molecule has 0 radical (unpaired) electrons. The number of aromatic nitrogens is 1. The van der Waals surface area contributed by atoms with Gasteiger partial charge in [-0.25, -0.2) is 0 Å². The zero-order valence-electron chi connectivity index (χ0n) is 14.6. The number of carbonyl (C=O) groups excluding carboxylic acids is 1. The average Bonchev–Trinajstić information content (AvgIpc) is 3.31. The van der Waals surface area contributed by atoms with Crippen LogP contribution in [-0.2, 0) is 19.5 Å². The summed E-state index contributed by atoms with van der Waals surface area (Å²) < 4.78 is 2.26. The summed E-state index contributed by atoms with van der Waals surface area (Å²) in [5, 5.41) is 4.26. The highest BCUT2D eigenvalue weighted by molar-refractivity contribution is 7.10. The first kappa shape index (κ1) is 16.8. The van der Waals surface area contributed by atoms with Crippen LogP contribution in [0.2, 0.25) is 0 Å². The number of rotatable bonds is 5. The molecule has 0 spiro atoms. The topological polar surface area (TPSA) is 25.2 Å². The van der Waals surface area contributed by atoms with Gasteiger partial charge in [0.25, 0.3) is 0 Å². The van der Waals surface area contributed by atoms with Crippen molar-refractivity contribution in [2.24, 2.45) is 0 Å². The van der Waals surface area contributed by atoms with E-state index in [1.807, 2.05) is 11.3 Å². The van der Waals surface area contributed by atoms with Gasteiger partial charge in [0.15, 0.2) is 5.78 Å². The molecule has 130 valence electrons. The summed E-state index contributed by atoms with van der Waals surface area (Å²) >= 11 is 3.60. The maximum absolute atomic E-state index is 12.9. The predicted octanol–water partition coefficient (Wildman–Crippen LogP) is 4.52. The van der Waals surface area contributed by atoms with Crippen LogP contribution < -0.4 is 0 Å². The molecule has 0 amide bonds. The normalized spacial score (nSPS) is 14.6. The minimum absolute atomic E-state index is 0.240. The minimum atomic E-state index is 0.240. The van der Waals surface area contributed by atoms with Gasteiger partial charge in [0.05, 0.1) is 13.1 Å². The van der Waals surface area contributed by atoms with Gasteiger partial charge in [-0.1, -0.05) is 6.07 Å². The van der Waals surface area contributed by atoms with Gasteiger partial charge in [-0.2, -0.15) is 0 Å². The summed E-state index contributed by atoms with van der Waals surface area (Å²) in [7, 11) is 0. The van der Waals surface area contributed by atoms with E-state index in [4.69, 9.17) is 0 Å². The number of hydrogen-bond acceptors (Lipinski definition) is 4. The summed E-state index contributed by atoms with van der Waals surface area (Å²) in [6.07, 6.45) is 1.07. The average molecular weight is 371 g/mol. The number of aryl methyl sites for hydroxylation is 1. The Morgan fingerprint density at radius 1 is 1.20 bits per heavy atom. The SMILES string of the molecule is Cc1cc(C(=O)CN2CCc3sccc3C2)c(C)n1Cc1cccs1. The number of carbonyl (C=O) groups is 1. The molecule has 1 aliphatic rings. The van der Waals surface area contributed by atoms with Gasteiger partial charge < -0.3 is 4.57 Å². The first-order valence-electron chi connectivity index (χ1n) is 8.61.